The lowest BCUT2D eigenvalue weighted by molar-refractivity contribution is 0.773. The molecule has 1 aliphatic heterocycles. The molecule has 0 amide bonds. The predicted molar refractivity (Wildman–Crippen MR) is 64.3 cm³/mol. The predicted octanol–water partition coefficient (Wildman–Crippen LogP) is 2.42. The summed E-state index contributed by atoms with van der Waals surface area (Å²) in [5.41, 5.74) is 3.03. The van der Waals surface area contributed by atoms with E-state index in [0.29, 0.717) is 5.56 Å². The van der Waals surface area contributed by atoms with E-state index < -0.39 is 0 Å². The van der Waals surface area contributed by atoms with Crippen LogP contribution in [-0.4, -0.2) is 18.1 Å². The average molecular weight is 213 g/mol. The highest BCUT2D eigenvalue weighted by Gasteiger charge is 2.12. The van der Waals surface area contributed by atoms with Gasteiger partial charge in [0.25, 0.3) is 0 Å². The van der Waals surface area contributed by atoms with E-state index >= 15 is 0 Å². The van der Waals surface area contributed by atoms with E-state index in [0.717, 1.165) is 31.0 Å². The van der Waals surface area contributed by atoms with Crippen molar-refractivity contribution in [2.24, 2.45) is 0 Å². The Morgan fingerprint density at radius 3 is 2.81 bits per heavy atom. The molecule has 0 radical (unpaired) electrons. The minimum Gasteiger partial charge on any atom is -0.353 e. The van der Waals surface area contributed by atoms with E-state index in [1.54, 1.807) is 0 Å². The molecule has 0 saturated heterocycles. The van der Waals surface area contributed by atoms with Crippen molar-refractivity contribution in [1.82, 2.24) is 4.98 Å². The van der Waals surface area contributed by atoms with Gasteiger partial charge in [-0.05, 0) is 32.4 Å². The van der Waals surface area contributed by atoms with Crippen LogP contribution in [0.1, 0.15) is 24.6 Å². The lowest BCUT2D eigenvalue weighted by atomic mass is 10.1. The average Bonchev–Trinajstić information content (AvgIpc) is 2.29. The lowest BCUT2D eigenvalue weighted by Crippen LogP contribution is -2.29. The summed E-state index contributed by atoms with van der Waals surface area (Å²) in [7, 11) is 0. The molecule has 0 spiro atoms. The highest BCUT2D eigenvalue weighted by Crippen LogP contribution is 2.19. The summed E-state index contributed by atoms with van der Waals surface area (Å²) in [6.07, 6.45) is 3.30. The number of hydrogen-bond acceptors (Lipinski definition) is 3. The number of anilines is 1. The van der Waals surface area contributed by atoms with Crippen molar-refractivity contribution in [2.45, 2.75) is 20.3 Å². The second-order valence-corrected chi connectivity index (χ2v) is 4.21. The van der Waals surface area contributed by atoms with Crippen LogP contribution in [0.15, 0.2) is 23.8 Å². The smallest absolute Gasteiger partial charge is 0.130 e. The summed E-state index contributed by atoms with van der Waals surface area (Å²) in [6.45, 7) is 5.97. The van der Waals surface area contributed by atoms with Crippen LogP contribution in [0.5, 0.6) is 0 Å². The van der Waals surface area contributed by atoms with Gasteiger partial charge < -0.3 is 4.90 Å². The molecule has 2 heterocycles. The number of pyridine rings is 1. The molecule has 0 bridgehead atoms. The monoisotopic (exact) mass is 213 g/mol. The van der Waals surface area contributed by atoms with E-state index in [2.05, 4.69) is 29.0 Å². The van der Waals surface area contributed by atoms with Gasteiger partial charge in [-0.15, -0.1) is 0 Å². The van der Waals surface area contributed by atoms with Crippen molar-refractivity contribution in [3.8, 4) is 6.07 Å². The van der Waals surface area contributed by atoms with Crippen molar-refractivity contribution < 1.29 is 0 Å². The summed E-state index contributed by atoms with van der Waals surface area (Å²) >= 11 is 0. The molecular formula is C13H15N3. The zero-order valence-electron chi connectivity index (χ0n) is 9.70. The molecule has 2 rings (SSSR count). The molecule has 0 fully saturated rings. The molecule has 82 valence electrons. The third-order valence-electron chi connectivity index (χ3n) is 2.83. The maximum absolute atomic E-state index is 8.92. The summed E-state index contributed by atoms with van der Waals surface area (Å²) in [5, 5.41) is 8.92. The molecule has 0 saturated carbocycles. The summed E-state index contributed by atoms with van der Waals surface area (Å²) in [4.78, 5) is 6.69. The van der Waals surface area contributed by atoms with Crippen molar-refractivity contribution in [3.05, 3.63) is 35.0 Å². The van der Waals surface area contributed by atoms with Gasteiger partial charge in [0, 0.05) is 18.8 Å². The van der Waals surface area contributed by atoms with Crippen LogP contribution in [0.3, 0.4) is 0 Å². The van der Waals surface area contributed by atoms with Crippen LogP contribution >= 0.6 is 0 Å². The number of rotatable bonds is 1. The molecule has 0 atom stereocenters. The first-order valence-corrected chi connectivity index (χ1v) is 5.48. The summed E-state index contributed by atoms with van der Waals surface area (Å²) in [6, 6.07) is 5.85. The number of hydrogen-bond donors (Lipinski definition) is 0. The van der Waals surface area contributed by atoms with Gasteiger partial charge in [-0.2, -0.15) is 5.26 Å². The van der Waals surface area contributed by atoms with Crippen LogP contribution in [0.4, 0.5) is 5.82 Å². The molecular weight excluding hydrogens is 198 g/mol. The van der Waals surface area contributed by atoms with E-state index in [1.807, 2.05) is 19.1 Å². The van der Waals surface area contributed by atoms with Gasteiger partial charge in [-0.3, -0.25) is 0 Å². The summed E-state index contributed by atoms with van der Waals surface area (Å²) < 4.78 is 0. The molecule has 0 aliphatic carbocycles. The Balaban J connectivity index is 2.28. The van der Waals surface area contributed by atoms with Crippen molar-refractivity contribution in [3.63, 3.8) is 0 Å². The number of aryl methyl sites for hydroxylation is 1. The first-order valence-electron chi connectivity index (χ1n) is 5.48. The van der Waals surface area contributed by atoms with E-state index in [-0.39, 0.29) is 0 Å². The molecule has 0 N–H and O–H groups in total. The Bertz CT molecular complexity index is 469. The molecule has 3 heteroatoms. The van der Waals surface area contributed by atoms with Crippen molar-refractivity contribution in [2.75, 3.05) is 18.0 Å². The Kier molecular flexibility index (Phi) is 2.91. The van der Waals surface area contributed by atoms with Gasteiger partial charge >= 0.3 is 0 Å². The zero-order chi connectivity index (χ0) is 11.5. The van der Waals surface area contributed by atoms with Gasteiger partial charge in [0.15, 0.2) is 0 Å². The van der Waals surface area contributed by atoms with Gasteiger partial charge in [-0.1, -0.05) is 11.6 Å². The van der Waals surface area contributed by atoms with Gasteiger partial charge in [0.2, 0.25) is 0 Å². The molecule has 1 aromatic heterocycles. The Labute approximate surface area is 96.0 Å². The highest BCUT2D eigenvalue weighted by atomic mass is 15.2. The van der Waals surface area contributed by atoms with Gasteiger partial charge in [0.1, 0.15) is 5.82 Å². The van der Waals surface area contributed by atoms with E-state index in [9.17, 15) is 0 Å². The minimum absolute atomic E-state index is 0.689. The van der Waals surface area contributed by atoms with Crippen LogP contribution < -0.4 is 4.90 Å². The molecule has 16 heavy (non-hydrogen) atoms. The topological polar surface area (TPSA) is 39.9 Å². The minimum atomic E-state index is 0.689. The maximum Gasteiger partial charge on any atom is 0.130 e. The standard InChI is InChI=1S/C13H15N3/c1-10-3-5-16(6-4-10)13-8-12(9-14)7-11(2)15-13/h3,7-8H,4-6H2,1-2H3. The SMILES string of the molecule is CC1=CCN(c2cc(C#N)cc(C)n2)CC1. The van der Waals surface area contributed by atoms with Crippen LogP contribution in [0.25, 0.3) is 0 Å². The van der Waals surface area contributed by atoms with Crippen LogP contribution in [0.2, 0.25) is 0 Å². The fourth-order valence-electron chi connectivity index (χ4n) is 1.86. The van der Waals surface area contributed by atoms with Crippen LogP contribution in [0, 0.1) is 18.3 Å². The largest absolute Gasteiger partial charge is 0.353 e. The Morgan fingerprint density at radius 1 is 1.38 bits per heavy atom. The lowest BCUT2D eigenvalue weighted by Gasteiger charge is -2.26. The molecule has 0 unspecified atom stereocenters. The third kappa shape index (κ3) is 2.22. The van der Waals surface area contributed by atoms with E-state index in [1.165, 1.54) is 5.57 Å². The first kappa shape index (κ1) is 10.7. The van der Waals surface area contributed by atoms with Crippen molar-refractivity contribution in [1.29, 1.82) is 5.26 Å². The van der Waals surface area contributed by atoms with Gasteiger partial charge in [0.05, 0.1) is 11.6 Å². The van der Waals surface area contributed by atoms with Crippen LogP contribution in [-0.2, 0) is 0 Å². The summed E-state index contributed by atoms with van der Waals surface area (Å²) in [5.74, 6) is 0.917. The number of aromatic nitrogens is 1. The van der Waals surface area contributed by atoms with Gasteiger partial charge in [-0.25, -0.2) is 4.98 Å². The highest BCUT2D eigenvalue weighted by molar-refractivity contribution is 5.48. The fourth-order valence-corrected chi connectivity index (χ4v) is 1.86. The zero-order valence-corrected chi connectivity index (χ0v) is 9.70. The molecule has 1 aromatic rings. The normalized spacial score (nSPS) is 15.6. The molecule has 3 nitrogen and oxygen atoms in total. The third-order valence-corrected chi connectivity index (χ3v) is 2.83. The fraction of sp³-hybridized carbons (Fsp3) is 0.385. The molecule has 0 aromatic carbocycles. The second kappa shape index (κ2) is 4.36. The van der Waals surface area contributed by atoms with E-state index in [4.69, 9.17) is 5.26 Å². The number of nitriles is 1. The Hall–Kier alpha value is -1.82. The maximum atomic E-state index is 8.92. The molecule has 1 aliphatic rings. The quantitative estimate of drug-likeness (QED) is 0.672. The number of nitrogens with zero attached hydrogens (tertiary/aromatic N) is 3. The first-order chi connectivity index (χ1) is 7.69. The van der Waals surface area contributed by atoms with Crippen molar-refractivity contribution >= 4 is 5.82 Å². The Morgan fingerprint density at radius 2 is 2.19 bits per heavy atom. The second-order valence-electron chi connectivity index (χ2n) is 4.21.